The Hall–Kier alpha value is -2.08. The Bertz CT molecular complexity index is 548. The van der Waals surface area contributed by atoms with Crippen molar-refractivity contribution in [1.29, 1.82) is 0 Å². The van der Waals surface area contributed by atoms with Crippen molar-refractivity contribution in [1.82, 2.24) is 10.2 Å². The maximum absolute atomic E-state index is 12.1. The Morgan fingerprint density at radius 1 is 1.29 bits per heavy atom. The molecule has 0 aliphatic heterocycles. The Morgan fingerprint density at radius 2 is 1.96 bits per heavy atom. The largest absolute Gasteiger partial charge is 0.445 e. The van der Waals surface area contributed by atoms with Gasteiger partial charge in [-0.1, -0.05) is 43.2 Å². The molecule has 6 nitrogen and oxygen atoms in total. The van der Waals surface area contributed by atoms with Crippen molar-refractivity contribution in [3.63, 3.8) is 0 Å². The molecule has 0 aromatic heterocycles. The van der Waals surface area contributed by atoms with E-state index >= 15 is 0 Å². The number of ether oxygens (including phenoxy) is 1. The highest BCUT2D eigenvalue weighted by atomic mass is 16.5. The number of benzene rings is 1. The fourth-order valence-electron chi connectivity index (χ4n) is 3.14. The van der Waals surface area contributed by atoms with Gasteiger partial charge in [-0.3, -0.25) is 4.79 Å². The summed E-state index contributed by atoms with van der Waals surface area (Å²) < 4.78 is 5.29. The van der Waals surface area contributed by atoms with Crippen LogP contribution in [0.5, 0.6) is 0 Å². The van der Waals surface area contributed by atoms with Crippen molar-refractivity contribution >= 4 is 12.0 Å². The van der Waals surface area contributed by atoms with Gasteiger partial charge in [0.2, 0.25) is 5.91 Å². The predicted octanol–water partition coefficient (Wildman–Crippen LogP) is 2.03. The predicted molar refractivity (Wildman–Crippen MR) is 92.2 cm³/mol. The number of carbonyl (C=O) groups excluding carboxylic acids is 2. The zero-order valence-corrected chi connectivity index (χ0v) is 14.4. The van der Waals surface area contributed by atoms with Crippen molar-refractivity contribution in [2.75, 3.05) is 7.05 Å². The molecule has 2 rings (SSSR count). The highest BCUT2D eigenvalue weighted by Gasteiger charge is 2.32. The van der Waals surface area contributed by atoms with E-state index < -0.39 is 12.1 Å². The van der Waals surface area contributed by atoms with Gasteiger partial charge in [-0.05, 0) is 25.3 Å². The normalized spacial score (nSPS) is 21.6. The molecule has 1 aromatic rings. The topological polar surface area (TPSA) is 84.7 Å². The number of nitrogens with zero attached hydrogens (tertiary/aromatic N) is 1. The average Bonchev–Trinajstić information content (AvgIpc) is 2.60. The Balaban J connectivity index is 1.90. The summed E-state index contributed by atoms with van der Waals surface area (Å²) in [6.07, 6.45) is 3.32. The van der Waals surface area contributed by atoms with Crippen molar-refractivity contribution in [3.05, 3.63) is 35.9 Å². The van der Waals surface area contributed by atoms with Gasteiger partial charge >= 0.3 is 6.09 Å². The second kappa shape index (κ2) is 8.68. The molecule has 0 radical (unpaired) electrons. The minimum atomic E-state index is -0.539. The SMILES string of the molecule is C[C@H](N)C(=O)N(C)[C@@H]1CCCC[C@H]1NC(=O)OCc1ccccc1. The molecule has 3 atom stereocenters. The molecule has 1 aliphatic rings. The summed E-state index contributed by atoms with van der Waals surface area (Å²) in [6.45, 7) is 1.91. The number of hydrogen-bond acceptors (Lipinski definition) is 4. The number of rotatable bonds is 5. The molecule has 132 valence electrons. The van der Waals surface area contributed by atoms with Gasteiger partial charge in [0.15, 0.2) is 0 Å². The van der Waals surface area contributed by atoms with Crippen LogP contribution in [0.1, 0.15) is 38.2 Å². The molecule has 0 heterocycles. The van der Waals surface area contributed by atoms with E-state index in [0.29, 0.717) is 0 Å². The molecule has 1 saturated carbocycles. The maximum atomic E-state index is 12.1. The van der Waals surface area contributed by atoms with E-state index in [0.717, 1.165) is 31.2 Å². The van der Waals surface area contributed by atoms with Gasteiger partial charge in [-0.15, -0.1) is 0 Å². The van der Waals surface area contributed by atoms with Crippen LogP contribution in [0.25, 0.3) is 0 Å². The quantitative estimate of drug-likeness (QED) is 0.863. The highest BCUT2D eigenvalue weighted by Crippen LogP contribution is 2.23. The summed E-state index contributed by atoms with van der Waals surface area (Å²) in [7, 11) is 1.76. The lowest BCUT2D eigenvalue weighted by Gasteiger charge is -2.38. The molecule has 1 fully saturated rings. The first-order chi connectivity index (χ1) is 11.5. The molecule has 1 aromatic carbocycles. The zero-order chi connectivity index (χ0) is 17.5. The van der Waals surface area contributed by atoms with E-state index in [2.05, 4.69) is 5.32 Å². The second-order valence-corrected chi connectivity index (χ2v) is 6.40. The molecule has 24 heavy (non-hydrogen) atoms. The summed E-state index contributed by atoms with van der Waals surface area (Å²) in [5.74, 6) is -0.105. The standard InChI is InChI=1S/C18H27N3O3/c1-13(19)17(22)21(2)16-11-7-6-10-15(16)20-18(23)24-12-14-8-4-3-5-9-14/h3-5,8-9,13,15-16H,6-7,10-12,19H2,1-2H3,(H,20,23)/t13-,15+,16+/m0/s1. The van der Waals surface area contributed by atoms with Crippen molar-refractivity contribution in [2.45, 2.75) is 57.3 Å². The molecule has 3 N–H and O–H groups in total. The van der Waals surface area contributed by atoms with Gasteiger partial charge in [0.25, 0.3) is 0 Å². The van der Waals surface area contributed by atoms with Gasteiger partial charge in [0.05, 0.1) is 18.1 Å². The van der Waals surface area contributed by atoms with Crippen molar-refractivity contribution in [3.8, 4) is 0 Å². The first-order valence-electron chi connectivity index (χ1n) is 8.48. The number of nitrogens with two attached hydrogens (primary N) is 1. The summed E-state index contributed by atoms with van der Waals surface area (Å²) in [5.41, 5.74) is 6.64. The van der Waals surface area contributed by atoms with Crippen LogP contribution in [-0.4, -0.2) is 42.1 Å². The number of nitrogens with one attached hydrogen (secondary N) is 1. The van der Waals surface area contributed by atoms with Crippen LogP contribution in [0.3, 0.4) is 0 Å². The maximum Gasteiger partial charge on any atom is 0.407 e. The summed E-state index contributed by atoms with van der Waals surface area (Å²) in [4.78, 5) is 25.9. The summed E-state index contributed by atoms with van der Waals surface area (Å²) >= 11 is 0. The third-order valence-electron chi connectivity index (χ3n) is 4.48. The first-order valence-corrected chi connectivity index (χ1v) is 8.48. The molecule has 0 unspecified atom stereocenters. The number of amides is 2. The van der Waals surface area contributed by atoms with E-state index in [1.54, 1.807) is 18.9 Å². The molecule has 0 bridgehead atoms. The fourth-order valence-corrected chi connectivity index (χ4v) is 3.14. The Morgan fingerprint density at radius 3 is 2.62 bits per heavy atom. The second-order valence-electron chi connectivity index (χ2n) is 6.40. The minimum absolute atomic E-state index is 0.0403. The van der Waals surface area contributed by atoms with Crippen molar-refractivity contribution < 1.29 is 14.3 Å². The van der Waals surface area contributed by atoms with E-state index in [4.69, 9.17) is 10.5 Å². The number of likely N-dealkylation sites (N-methyl/N-ethyl adjacent to an activating group) is 1. The van der Waals surface area contributed by atoms with Gasteiger partial charge in [0, 0.05) is 7.05 Å². The van der Waals surface area contributed by atoms with Crippen LogP contribution in [-0.2, 0) is 16.1 Å². The first kappa shape index (κ1) is 18.3. The molecule has 1 aliphatic carbocycles. The molecular weight excluding hydrogens is 306 g/mol. The Labute approximate surface area is 143 Å². The van der Waals surface area contributed by atoms with Crippen LogP contribution in [0.2, 0.25) is 0 Å². The van der Waals surface area contributed by atoms with Crippen molar-refractivity contribution in [2.24, 2.45) is 5.73 Å². The summed E-state index contributed by atoms with van der Waals surface area (Å²) in [6, 6.07) is 8.86. The van der Waals surface area contributed by atoms with Gasteiger partial charge in [0.1, 0.15) is 6.61 Å². The number of alkyl carbamates (subject to hydrolysis) is 1. The van der Waals surface area contributed by atoms with E-state index in [1.165, 1.54) is 0 Å². The smallest absolute Gasteiger partial charge is 0.407 e. The van der Waals surface area contributed by atoms with Crippen LogP contribution >= 0.6 is 0 Å². The molecular formula is C18H27N3O3. The molecule has 0 spiro atoms. The minimum Gasteiger partial charge on any atom is -0.445 e. The highest BCUT2D eigenvalue weighted by molar-refractivity contribution is 5.81. The van der Waals surface area contributed by atoms with Crippen LogP contribution in [0.4, 0.5) is 4.79 Å². The van der Waals surface area contributed by atoms with Crippen LogP contribution in [0, 0.1) is 0 Å². The van der Waals surface area contributed by atoms with Crippen LogP contribution < -0.4 is 11.1 Å². The number of hydrogen-bond donors (Lipinski definition) is 2. The third-order valence-corrected chi connectivity index (χ3v) is 4.48. The summed E-state index contributed by atoms with van der Waals surface area (Å²) in [5, 5.41) is 2.92. The fraction of sp³-hybridized carbons (Fsp3) is 0.556. The lowest BCUT2D eigenvalue weighted by molar-refractivity contribution is -0.134. The lowest BCUT2D eigenvalue weighted by Crippen LogP contribution is -2.56. The van der Waals surface area contributed by atoms with Crippen LogP contribution in [0.15, 0.2) is 30.3 Å². The molecule has 0 saturated heterocycles. The van der Waals surface area contributed by atoms with E-state index in [1.807, 2.05) is 30.3 Å². The zero-order valence-electron chi connectivity index (χ0n) is 14.4. The van der Waals surface area contributed by atoms with E-state index in [9.17, 15) is 9.59 Å². The average molecular weight is 333 g/mol. The van der Waals surface area contributed by atoms with E-state index in [-0.39, 0.29) is 24.6 Å². The molecule has 2 amide bonds. The monoisotopic (exact) mass is 333 g/mol. The van der Waals surface area contributed by atoms with Gasteiger partial charge < -0.3 is 20.7 Å². The lowest BCUT2D eigenvalue weighted by atomic mass is 9.89. The Kier molecular flexibility index (Phi) is 6.61. The third kappa shape index (κ3) is 4.96. The molecule has 6 heteroatoms. The number of carbonyl (C=O) groups is 2. The van der Waals surface area contributed by atoms with Gasteiger partial charge in [-0.2, -0.15) is 0 Å². The van der Waals surface area contributed by atoms with Gasteiger partial charge in [-0.25, -0.2) is 4.79 Å².